The van der Waals surface area contributed by atoms with Gasteiger partial charge in [-0.2, -0.15) is 0 Å². The second kappa shape index (κ2) is 8.18. The number of anilines is 1. The lowest BCUT2D eigenvalue weighted by Gasteiger charge is -2.15. The molecule has 1 fully saturated rings. The summed E-state index contributed by atoms with van der Waals surface area (Å²) in [6.45, 7) is 5.11. The number of hydrogen-bond acceptors (Lipinski definition) is 2. The van der Waals surface area contributed by atoms with Crippen molar-refractivity contribution in [1.82, 2.24) is 5.32 Å². The highest BCUT2D eigenvalue weighted by molar-refractivity contribution is 5.92. The van der Waals surface area contributed by atoms with Crippen molar-refractivity contribution in [3.05, 3.63) is 29.8 Å². The summed E-state index contributed by atoms with van der Waals surface area (Å²) in [4.78, 5) is 12.4. The number of amides is 1. The van der Waals surface area contributed by atoms with Crippen molar-refractivity contribution in [2.75, 3.05) is 5.32 Å². The summed E-state index contributed by atoms with van der Waals surface area (Å²) >= 11 is 0. The van der Waals surface area contributed by atoms with E-state index in [1.54, 1.807) is 0 Å². The van der Waals surface area contributed by atoms with Gasteiger partial charge in [-0.1, -0.05) is 51.7 Å². The van der Waals surface area contributed by atoms with Gasteiger partial charge in [-0.05, 0) is 30.5 Å². The quantitative estimate of drug-likeness (QED) is 0.801. The van der Waals surface area contributed by atoms with Gasteiger partial charge in [0.1, 0.15) is 0 Å². The van der Waals surface area contributed by atoms with Crippen LogP contribution in [0.1, 0.15) is 57.9 Å². The third-order valence-corrected chi connectivity index (χ3v) is 4.13. The molecular weight excluding hydrogens is 260 g/mol. The zero-order chi connectivity index (χ0) is 15.1. The Bertz CT molecular complexity index is 448. The molecule has 1 aliphatic carbocycles. The highest BCUT2D eigenvalue weighted by Gasteiger charge is 2.19. The largest absolute Gasteiger partial charge is 0.326 e. The monoisotopic (exact) mass is 288 g/mol. The summed E-state index contributed by atoms with van der Waals surface area (Å²) in [6.07, 6.45) is 7.02. The van der Waals surface area contributed by atoms with Crippen LogP contribution < -0.4 is 10.6 Å². The molecule has 21 heavy (non-hydrogen) atoms. The summed E-state index contributed by atoms with van der Waals surface area (Å²) in [5, 5.41) is 6.50. The Morgan fingerprint density at radius 1 is 1.19 bits per heavy atom. The van der Waals surface area contributed by atoms with Crippen LogP contribution in [0, 0.1) is 5.92 Å². The van der Waals surface area contributed by atoms with Crippen molar-refractivity contribution in [2.45, 2.75) is 65.0 Å². The molecule has 2 rings (SSSR count). The number of rotatable bonds is 5. The van der Waals surface area contributed by atoms with Crippen LogP contribution in [0.25, 0.3) is 0 Å². The Balaban J connectivity index is 1.92. The Hall–Kier alpha value is -1.35. The molecule has 116 valence electrons. The molecule has 1 saturated carbocycles. The highest BCUT2D eigenvalue weighted by atomic mass is 16.1. The van der Waals surface area contributed by atoms with Crippen LogP contribution in [-0.4, -0.2) is 11.9 Å². The maximum atomic E-state index is 12.4. The molecule has 0 aromatic heterocycles. The predicted molar refractivity (Wildman–Crippen MR) is 88.2 cm³/mol. The number of carbonyl (C=O) groups excluding carboxylic acids is 1. The first-order valence-corrected chi connectivity index (χ1v) is 8.28. The lowest BCUT2D eigenvalue weighted by Crippen LogP contribution is -2.23. The molecule has 2 N–H and O–H groups in total. The van der Waals surface area contributed by atoms with Crippen LogP contribution in [0.3, 0.4) is 0 Å². The zero-order valence-corrected chi connectivity index (χ0v) is 13.3. The van der Waals surface area contributed by atoms with Crippen molar-refractivity contribution in [2.24, 2.45) is 5.92 Å². The van der Waals surface area contributed by atoms with E-state index < -0.39 is 0 Å². The normalized spacial score (nSPS) is 16.7. The summed E-state index contributed by atoms with van der Waals surface area (Å²) in [5.74, 6) is 0.399. The molecule has 0 spiro atoms. The molecule has 1 aromatic rings. The van der Waals surface area contributed by atoms with Crippen LogP contribution >= 0.6 is 0 Å². The van der Waals surface area contributed by atoms with Gasteiger partial charge in [-0.15, -0.1) is 0 Å². The number of nitrogens with one attached hydrogen (secondary N) is 2. The highest BCUT2D eigenvalue weighted by Crippen LogP contribution is 2.24. The second-order valence-corrected chi connectivity index (χ2v) is 6.41. The van der Waals surface area contributed by atoms with Gasteiger partial charge in [0, 0.05) is 24.2 Å². The van der Waals surface area contributed by atoms with E-state index in [4.69, 9.17) is 0 Å². The van der Waals surface area contributed by atoms with Gasteiger partial charge in [0.25, 0.3) is 0 Å². The Labute approximate surface area is 128 Å². The fourth-order valence-electron chi connectivity index (χ4n) is 2.87. The molecule has 3 heteroatoms. The molecule has 0 aliphatic heterocycles. The molecule has 0 saturated heterocycles. The van der Waals surface area contributed by atoms with Gasteiger partial charge in [-0.3, -0.25) is 4.79 Å². The van der Waals surface area contributed by atoms with E-state index in [9.17, 15) is 4.79 Å². The Morgan fingerprint density at radius 3 is 2.57 bits per heavy atom. The van der Waals surface area contributed by atoms with Crippen molar-refractivity contribution in [3.63, 3.8) is 0 Å². The van der Waals surface area contributed by atoms with E-state index in [-0.39, 0.29) is 11.8 Å². The molecule has 1 aliphatic rings. The van der Waals surface area contributed by atoms with E-state index in [0.717, 1.165) is 25.1 Å². The summed E-state index contributed by atoms with van der Waals surface area (Å²) < 4.78 is 0. The topological polar surface area (TPSA) is 41.1 Å². The standard InChI is InChI=1S/C18H28N2O/c1-14(2)19-13-15-8-7-11-17(12-15)20-18(21)16-9-5-3-4-6-10-16/h7-8,11-12,14,16,19H,3-6,9-10,13H2,1-2H3,(H,20,21). The average Bonchev–Trinajstić information content (AvgIpc) is 2.74. The molecule has 1 aromatic carbocycles. The lowest BCUT2D eigenvalue weighted by molar-refractivity contribution is -0.120. The molecule has 0 atom stereocenters. The minimum absolute atomic E-state index is 0.199. The van der Waals surface area contributed by atoms with Gasteiger partial charge in [0.2, 0.25) is 5.91 Å². The van der Waals surface area contributed by atoms with Gasteiger partial charge in [-0.25, -0.2) is 0 Å². The summed E-state index contributed by atoms with van der Waals surface area (Å²) in [5.41, 5.74) is 2.13. The Morgan fingerprint density at radius 2 is 1.90 bits per heavy atom. The predicted octanol–water partition coefficient (Wildman–Crippen LogP) is 4.09. The van der Waals surface area contributed by atoms with E-state index in [1.807, 2.05) is 12.1 Å². The van der Waals surface area contributed by atoms with E-state index in [2.05, 4.69) is 36.6 Å². The van der Waals surface area contributed by atoms with Gasteiger partial charge >= 0.3 is 0 Å². The van der Waals surface area contributed by atoms with Crippen LogP contribution in [-0.2, 0) is 11.3 Å². The number of carbonyl (C=O) groups is 1. The fraction of sp³-hybridized carbons (Fsp3) is 0.611. The minimum Gasteiger partial charge on any atom is -0.326 e. The van der Waals surface area contributed by atoms with Gasteiger partial charge in [0.05, 0.1) is 0 Å². The minimum atomic E-state index is 0.199. The molecule has 0 bridgehead atoms. The van der Waals surface area contributed by atoms with E-state index in [0.29, 0.717) is 6.04 Å². The van der Waals surface area contributed by atoms with Crippen molar-refractivity contribution in [3.8, 4) is 0 Å². The average molecular weight is 288 g/mol. The van der Waals surface area contributed by atoms with Crippen LogP contribution in [0.2, 0.25) is 0 Å². The van der Waals surface area contributed by atoms with Crippen LogP contribution in [0.4, 0.5) is 5.69 Å². The number of benzene rings is 1. The first-order chi connectivity index (χ1) is 10.1. The van der Waals surface area contributed by atoms with Crippen LogP contribution in [0.5, 0.6) is 0 Å². The molecule has 0 unspecified atom stereocenters. The van der Waals surface area contributed by atoms with Gasteiger partial charge < -0.3 is 10.6 Å². The van der Waals surface area contributed by atoms with Gasteiger partial charge in [0.15, 0.2) is 0 Å². The van der Waals surface area contributed by atoms with Crippen molar-refractivity contribution < 1.29 is 4.79 Å². The van der Waals surface area contributed by atoms with E-state index in [1.165, 1.54) is 31.2 Å². The SMILES string of the molecule is CC(C)NCc1cccc(NC(=O)C2CCCCCC2)c1. The first-order valence-electron chi connectivity index (χ1n) is 8.28. The van der Waals surface area contributed by atoms with Crippen LogP contribution in [0.15, 0.2) is 24.3 Å². The second-order valence-electron chi connectivity index (χ2n) is 6.41. The Kier molecular flexibility index (Phi) is 6.24. The maximum absolute atomic E-state index is 12.4. The van der Waals surface area contributed by atoms with E-state index >= 15 is 0 Å². The molecule has 1 amide bonds. The summed E-state index contributed by atoms with van der Waals surface area (Å²) in [6, 6.07) is 8.63. The smallest absolute Gasteiger partial charge is 0.227 e. The molecular formula is C18H28N2O. The summed E-state index contributed by atoms with van der Waals surface area (Å²) in [7, 11) is 0. The maximum Gasteiger partial charge on any atom is 0.227 e. The third kappa shape index (κ3) is 5.50. The first kappa shape index (κ1) is 16.0. The molecule has 0 heterocycles. The molecule has 3 nitrogen and oxygen atoms in total. The van der Waals surface area contributed by atoms with Crippen molar-refractivity contribution in [1.29, 1.82) is 0 Å². The van der Waals surface area contributed by atoms with Crippen molar-refractivity contribution >= 4 is 11.6 Å². The molecule has 0 radical (unpaired) electrons. The number of hydrogen-bond donors (Lipinski definition) is 2. The third-order valence-electron chi connectivity index (χ3n) is 4.13. The zero-order valence-electron chi connectivity index (χ0n) is 13.3. The lowest BCUT2D eigenvalue weighted by atomic mass is 9.99. The fourth-order valence-corrected chi connectivity index (χ4v) is 2.87.